The number of fused-ring (bicyclic) bond motifs is 1. The zero-order chi connectivity index (χ0) is 13.2. The minimum absolute atomic E-state index is 0.718. The van der Waals surface area contributed by atoms with E-state index >= 15 is 0 Å². The maximum absolute atomic E-state index is 5.93. The molecule has 0 bridgehead atoms. The van der Waals surface area contributed by atoms with Gasteiger partial charge in [0.1, 0.15) is 0 Å². The van der Waals surface area contributed by atoms with Crippen LogP contribution in [0.3, 0.4) is 0 Å². The summed E-state index contributed by atoms with van der Waals surface area (Å²) in [5.74, 6) is 0. The summed E-state index contributed by atoms with van der Waals surface area (Å²) in [7, 11) is 0. The molecule has 1 aromatic heterocycles. The smallest absolute Gasteiger partial charge is 0.0881 e. The molecule has 96 valence electrons. The molecule has 3 aromatic rings. The number of hydrogen-bond acceptors (Lipinski definition) is 2. The van der Waals surface area contributed by atoms with E-state index in [2.05, 4.69) is 31.4 Å². The van der Waals surface area contributed by atoms with Gasteiger partial charge in [0.25, 0.3) is 0 Å². The minimum Gasteiger partial charge on any atom is -0.379 e. The number of halogens is 2. The Morgan fingerprint density at radius 1 is 1.26 bits per heavy atom. The third kappa shape index (κ3) is 2.60. The summed E-state index contributed by atoms with van der Waals surface area (Å²) in [5.41, 5.74) is 3.21. The van der Waals surface area contributed by atoms with Crippen molar-refractivity contribution < 1.29 is 0 Å². The molecule has 2 N–H and O–H groups in total. The third-order valence-electron chi connectivity index (χ3n) is 2.96. The Kier molecular flexibility index (Phi) is 3.44. The molecule has 0 saturated heterocycles. The topological polar surface area (TPSA) is 40.7 Å². The molecule has 0 unspecified atom stereocenters. The van der Waals surface area contributed by atoms with Gasteiger partial charge in [-0.05, 0) is 23.8 Å². The fourth-order valence-electron chi connectivity index (χ4n) is 1.97. The predicted molar refractivity (Wildman–Crippen MR) is 82.6 cm³/mol. The molecule has 0 aliphatic carbocycles. The highest BCUT2D eigenvalue weighted by Gasteiger charge is 2.04. The minimum atomic E-state index is 0.718. The lowest BCUT2D eigenvalue weighted by Crippen LogP contribution is -2.00. The van der Waals surface area contributed by atoms with Crippen LogP contribution < -0.4 is 5.32 Å². The van der Waals surface area contributed by atoms with Crippen molar-refractivity contribution >= 4 is 44.1 Å². The summed E-state index contributed by atoms with van der Waals surface area (Å²) in [4.78, 5) is 0. The van der Waals surface area contributed by atoms with E-state index in [1.165, 1.54) is 0 Å². The van der Waals surface area contributed by atoms with E-state index in [0.717, 1.165) is 38.2 Å². The number of rotatable bonds is 3. The van der Waals surface area contributed by atoms with Gasteiger partial charge in [0.05, 0.1) is 17.4 Å². The molecule has 3 rings (SSSR count). The predicted octanol–water partition coefficient (Wildman–Crippen LogP) is 4.59. The van der Waals surface area contributed by atoms with E-state index in [1.807, 2.05) is 42.6 Å². The molecule has 19 heavy (non-hydrogen) atoms. The van der Waals surface area contributed by atoms with Crippen molar-refractivity contribution in [1.82, 2.24) is 10.2 Å². The molecule has 1 heterocycles. The second kappa shape index (κ2) is 5.23. The van der Waals surface area contributed by atoms with Crippen LogP contribution in [0.5, 0.6) is 0 Å². The van der Waals surface area contributed by atoms with Crippen LogP contribution in [0.2, 0.25) is 5.02 Å². The molecular formula is C14H11BrClN3. The summed E-state index contributed by atoms with van der Waals surface area (Å²) in [6, 6.07) is 11.9. The van der Waals surface area contributed by atoms with Crippen LogP contribution in [0.4, 0.5) is 5.69 Å². The molecule has 3 nitrogen and oxygen atoms in total. The fraction of sp³-hybridized carbons (Fsp3) is 0.0714. The lowest BCUT2D eigenvalue weighted by molar-refractivity contribution is 1.10. The number of anilines is 1. The second-order valence-electron chi connectivity index (χ2n) is 4.23. The maximum atomic E-state index is 5.93. The van der Waals surface area contributed by atoms with Crippen LogP contribution in [0, 0.1) is 0 Å². The monoisotopic (exact) mass is 335 g/mol. The Bertz CT molecular complexity index is 724. The molecule has 0 fully saturated rings. The van der Waals surface area contributed by atoms with Gasteiger partial charge < -0.3 is 5.32 Å². The second-order valence-corrected chi connectivity index (χ2v) is 5.52. The Morgan fingerprint density at radius 2 is 2.16 bits per heavy atom. The highest BCUT2D eigenvalue weighted by Crippen LogP contribution is 2.24. The van der Waals surface area contributed by atoms with Crippen LogP contribution in [-0.2, 0) is 6.54 Å². The van der Waals surface area contributed by atoms with E-state index in [0.29, 0.717) is 0 Å². The first-order valence-electron chi connectivity index (χ1n) is 5.84. The quantitative estimate of drug-likeness (QED) is 0.734. The molecule has 5 heteroatoms. The van der Waals surface area contributed by atoms with E-state index in [-0.39, 0.29) is 0 Å². The number of H-pyrrole nitrogens is 1. The fourth-order valence-corrected chi connectivity index (χ4v) is 2.79. The van der Waals surface area contributed by atoms with Gasteiger partial charge in [0.2, 0.25) is 0 Å². The lowest BCUT2D eigenvalue weighted by Gasteiger charge is -2.09. The first kappa shape index (κ1) is 12.5. The van der Waals surface area contributed by atoms with E-state index in [9.17, 15) is 0 Å². The van der Waals surface area contributed by atoms with Crippen molar-refractivity contribution in [3.63, 3.8) is 0 Å². The first-order chi connectivity index (χ1) is 9.24. The van der Waals surface area contributed by atoms with Crippen LogP contribution in [0.1, 0.15) is 5.56 Å². The largest absolute Gasteiger partial charge is 0.379 e. The van der Waals surface area contributed by atoms with Gasteiger partial charge >= 0.3 is 0 Å². The van der Waals surface area contributed by atoms with E-state index in [4.69, 9.17) is 11.6 Å². The molecule has 0 atom stereocenters. The molecule has 0 aliphatic heterocycles. The number of aromatic nitrogens is 2. The summed E-state index contributed by atoms with van der Waals surface area (Å²) in [6.45, 7) is 0.718. The molecular weight excluding hydrogens is 326 g/mol. The number of benzene rings is 2. The summed E-state index contributed by atoms with van der Waals surface area (Å²) < 4.78 is 1.00. The number of aromatic amines is 1. The summed E-state index contributed by atoms with van der Waals surface area (Å²) >= 11 is 9.45. The molecule has 0 radical (unpaired) electrons. The molecule has 0 saturated carbocycles. The Hall–Kier alpha value is -1.52. The number of hydrogen-bond donors (Lipinski definition) is 2. The van der Waals surface area contributed by atoms with Crippen molar-refractivity contribution in [3.05, 3.63) is 57.7 Å². The van der Waals surface area contributed by atoms with Crippen molar-refractivity contribution in [1.29, 1.82) is 0 Å². The standard InChI is InChI=1S/C14H11BrClN3/c15-12-6-11(16)5-4-9(12)7-17-13-3-1-2-10-8-18-19-14(10)13/h1-6,8,17H,7H2,(H,18,19). The Labute approximate surface area is 124 Å². The number of nitrogens with zero attached hydrogens (tertiary/aromatic N) is 1. The van der Waals surface area contributed by atoms with Gasteiger partial charge in [0, 0.05) is 21.4 Å². The van der Waals surface area contributed by atoms with Gasteiger partial charge in [-0.1, -0.05) is 45.7 Å². The van der Waals surface area contributed by atoms with Crippen LogP contribution >= 0.6 is 27.5 Å². The van der Waals surface area contributed by atoms with Gasteiger partial charge in [-0.3, -0.25) is 5.10 Å². The highest BCUT2D eigenvalue weighted by molar-refractivity contribution is 9.10. The summed E-state index contributed by atoms with van der Waals surface area (Å²) in [5, 5.41) is 12.3. The molecule has 0 aliphatic rings. The molecule has 2 aromatic carbocycles. The Balaban J connectivity index is 1.84. The third-order valence-corrected chi connectivity index (χ3v) is 3.93. The average Bonchev–Trinajstić information content (AvgIpc) is 2.86. The van der Waals surface area contributed by atoms with Gasteiger partial charge in [0.15, 0.2) is 0 Å². The van der Waals surface area contributed by atoms with Crippen molar-refractivity contribution in [2.45, 2.75) is 6.54 Å². The zero-order valence-electron chi connectivity index (χ0n) is 9.95. The highest BCUT2D eigenvalue weighted by atomic mass is 79.9. The Morgan fingerprint density at radius 3 is 3.00 bits per heavy atom. The van der Waals surface area contributed by atoms with E-state index < -0.39 is 0 Å². The van der Waals surface area contributed by atoms with E-state index in [1.54, 1.807) is 0 Å². The number of nitrogens with one attached hydrogen (secondary N) is 2. The molecule has 0 spiro atoms. The van der Waals surface area contributed by atoms with Gasteiger partial charge in [-0.2, -0.15) is 5.10 Å². The van der Waals surface area contributed by atoms with Gasteiger partial charge in [-0.25, -0.2) is 0 Å². The van der Waals surface area contributed by atoms with Crippen molar-refractivity contribution in [3.8, 4) is 0 Å². The lowest BCUT2D eigenvalue weighted by atomic mass is 10.2. The van der Waals surface area contributed by atoms with Crippen molar-refractivity contribution in [2.75, 3.05) is 5.32 Å². The zero-order valence-corrected chi connectivity index (χ0v) is 12.3. The van der Waals surface area contributed by atoms with Crippen LogP contribution in [-0.4, -0.2) is 10.2 Å². The first-order valence-corrected chi connectivity index (χ1v) is 7.01. The summed E-state index contributed by atoms with van der Waals surface area (Å²) in [6.07, 6.45) is 1.82. The number of para-hydroxylation sites is 1. The van der Waals surface area contributed by atoms with Crippen LogP contribution in [0.25, 0.3) is 10.9 Å². The maximum Gasteiger partial charge on any atom is 0.0881 e. The normalized spacial score (nSPS) is 10.8. The van der Waals surface area contributed by atoms with Crippen molar-refractivity contribution in [2.24, 2.45) is 0 Å². The van der Waals surface area contributed by atoms with Gasteiger partial charge in [-0.15, -0.1) is 0 Å². The average molecular weight is 337 g/mol. The van der Waals surface area contributed by atoms with Crippen LogP contribution in [0.15, 0.2) is 47.1 Å². The SMILES string of the molecule is Clc1ccc(CNc2cccc3cn[nH]c23)c(Br)c1. The molecule has 0 amide bonds.